The Labute approximate surface area is 126 Å². The van der Waals surface area contributed by atoms with Crippen LogP contribution in [0.2, 0.25) is 0 Å². The monoisotopic (exact) mass is 300 g/mol. The molecule has 0 aliphatic heterocycles. The van der Waals surface area contributed by atoms with Gasteiger partial charge in [-0.15, -0.1) is 11.3 Å². The average Bonchev–Trinajstić information content (AvgIpc) is 3.03. The predicted octanol–water partition coefficient (Wildman–Crippen LogP) is 3.21. The molecule has 0 saturated heterocycles. The molecule has 5 nitrogen and oxygen atoms in total. The second-order valence-corrected chi connectivity index (χ2v) is 6.05. The van der Waals surface area contributed by atoms with Crippen molar-refractivity contribution in [3.8, 4) is 0 Å². The molecule has 0 saturated carbocycles. The van der Waals surface area contributed by atoms with Crippen molar-refractivity contribution in [3.05, 3.63) is 40.7 Å². The number of aromatic nitrogens is 3. The Morgan fingerprint density at radius 1 is 1.33 bits per heavy atom. The van der Waals surface area contributed by atoms with Crippen LogP contribution in [0.4, 0.5) is 5.69 Å². The Morgan fingerprint density at radius 3 is 2.86 bits per heavy atom. The van der Waals surface area contributed by atoms with Gasteiger partial charge < -0.3 is 5.32 Å². The van der Waals surface area contributed by atoms with Gasteiger partial charge in [-0.25, -0.2) is 4.98 Å². The van der Waals surface area contributed by atoms with Gasteiger partial charge in [0.1, 0.15) is 0 Å². The van der Waals surface area contributed by atoms with E-state index >= 15 is 0 Å². The van der Waals surface area contributed by atoms with Gasteiger partial charge in [-0.05, 0) is 26.0 Å². The maximum absolute atomic E-state index is 12.0. The number of fused-ring (bicyclic) bond motifs is 1. The fraction of sp³-hybridized carbons (Fsp3) is 0.267. The SMILES string of the molecule is Cc1n[nH]c(C)c1NC(=O)CCc1nc2ccccc2s1. The number of carbonyl (C=O) groups is 1. The average molecular weight is 300 g/mol. The molecule has 3 rings (SSSR count). The smallest absolute Gasteiger partial charge is 0.224 e. The van der Waals surface area contributed by atoms with Gasteiger partial charge in [0.05, 0.1) is 32.3 Å². The molecule has 0 atom stereocenters. The molecule has 2 heterocycles. The zero-order valence-corrected chi connectivity index (χ0v) is 12.8. The van der Waals surface area contributed by atoms with Gasteiger partial charge >= 0.3 is 0 Å². The van der Waals surface area contributed by atoms with E-state index in [2.05, 4.69) is 26.6 Å². The zero-order chi connectivity index (χ0) is 14.8. The molecular formula is C15H16N4OS. The van der Waals surface area contributed by atoms with Crippen molar-refractivity contribution in [2.75, 3.05) is 5.32 Å². The van der Waals surface area contributed by atoms with Gasteiger partial charge in [0.2, 0.25) is 5.91 Å². The van der Waals surface area contributed by atoms with E-state index in [4.69, 9.17) is 0 Å². The van der Waals surface area contributed by atoms with Gasteiger partial charge in [-0.3, -0.25) is 9.89 Å². The van der Waals surface area contributed by atoms with Crippen LogP contribution < -0.4 is 5.32 Å². The lowest BCUT2D eigenvalue weighted by Crippen LogP contribution is -2.13. The molecule has 0 radical (unpaired) electrons. The molecule has 0 bridgehead atoms. The van der Waals surface area contributed by atoms with Crippen LogP contribution in [0.1, 0.15) is 22.8 Å². The fourth-order valence-corrected chi connectivity index (χ4v) is 3.15. The Hall–Kier alpha value is -2.21. The number of para-hydroxylation sites is 1. The number of nitrogens with one attached hydrogen (secondary N) is 2. The molecule has 2 aromatic heterocycles. The van der Waals surface area contributed by atoms with E-state index in [1.165, 1.54) is 0 Å². The fourth-order valence-electron chi connectivity index (χ4n) is 2.18. The molecule has 6 heteroatoms. The van der Waals surface area contributed by atoms with Gasteiger partial charge in [-0.2, -0.15) is 5.10 Å². The summed E-state index contributed by atoms with van der Waals surface area (Å²) < 4.78 is 1.16. The summed E-state index contributed by atoms with van der Waals surface area (Å²) in [5.74, 6) is -0.0122. The van der Waals surface area contributed by atoms with E-state index in [0.717, 1.165) is 32.3 Å². The standard InChI is InChI=1S/C15H16N4OS/c1-9-15(10(2)19-18-9)17-13(20)7-8-14-16-11-5-3-4-6-12(11)21-14/h3-6H,7-8H2,1-2H3,(H,17,20)(H,18,19). The second kappa shape index (κ2) is 5.65. The van der Waals surface area contributed by atoms with Crippen LogP contribution in [0.15, 0.2) is 24.3 Å². The third kappa shape index (κ3) is 2.95. The number of aryl methyl sites for hydroxylation is 3. The van der Waals surface area contributed by atoms with E-state index < -0.39 is 0 Å². The number of thiazole rings is 1. The Bertz CT molecular complexity index is 737. The number of hydrogen-bond donors (Lipinski definition) is 2. The molecule has 0 unspecified atom stereocenters. The third-order valence-corrected chi connectivity index (χ3v) is 4.39. The summed E-state index contributed by atoms with van der Waals surface area (Å²) in [5.41, 5.74) is 3.46. The molecule has 0 aliphatic rings. The number of hydrogen-bond acceptors (Lipinski definition) is 4. The summed E-state index contributed by atoms with van der Waals surface area (Å²) in [6, 6.07) is 8.02. The maximum atomic E-state index is 12.0. The molecular weight excluding hydrogens is 284 g/mol. The molecule has 2 N–H and O–H groups in total. The highest BCUT2D eigenvalue weighted by atomic mass is 32.1. The molecule has 1 aromatic carbocycles. The number of benzene rings is 1. The van der Waals surface area contributed by atoms with Crippen LogP contribution in [-0.2, 0) is 11.2 Å². The van der Waals surface area contributed by atoms with E-state index in [9.17, 15) is 4.79 Å². The molecule has 0 fully saturated rings. The van der Waals surface area contributed by atoms with Gasteiger partial charge in [0, 0.05) is 12.8 Å². The van der Waals surface area contributed by atoms with Crippen LogP contribution in [0.25, 0.3) is 10.2 Å². The van der Waals surface area contributed by atoms with Gasteiger partial charge in [0.25, 0.3) is 0 Å². The van der Waals surface area contributed by atoms with Crippen molar-refractivity contribution in [3.63, 3.8) is 0 Å². The first-order valence-electron chi connectivity index (χ1n) is 6.79. The summed E-state index contributed by atoms with van der Waals surface area (Å²) in [7, 11) is 0. The first-order chi connectivity index (χ1) is 10.1. The highest BCUT2D eigenvalue weighted by Crippen LogP contribution is 2.23. The zero-order valence-electron chi connectivity index (χ0n) is 11.9. The number of rotatable bonds is 4. The third-order valence-electron chi connectivity index (χ3n) is 3.30. The minimum Gasteiger partial charge on any atom is -0.323 e. The predicted molar refractivity (Wildman–Crippen MR) is 84.6 cm³/mol. The molecule has 21 heavy (non-hydrogen) atoms. The lowest BCUT2D eigenvalue weighted by molar-refractivity contribution is -0.116. The van der Waals surface area contributed by atoms with Gasteiger partial charge in [0.15, 0.2) is 0 Å². The Morgan fingerprint density at radius 2 is 2.14 bits per heavy atom. The summed E-state index contributed by atoms with van der Waals surface area (Å²) in [6.45, 7) is 3.76. The topological polar surface area (TPSA) is 70.7 Å². The van der Waals surface area contributed by atoms with Crippen LogP contribution in [0, 0.1) is 13.8 Å². The van der Waals surface area contributed by atoms with Crippen LogP contribution in [-0.4, -0.2) is 21.1 Å². The lowest BCUT2D eigenvalue weighted by atomic mass is 10.2. The number of amides is 1. The minimum absolute atomic E-state index is 0.0122. The molecule has 3 aromatic rings. The minimum atomic E-state index is -0.0122. The Balaban J connectivity index is 1.63. The van der Waals surface area contributed by atoms with E-state index in [1.807, 2.05) is 32.0 Å². The lowest BCUT2D eigenvalue weighted by Gasteiger charge is -2.04. The highest BCUT2D eigenvalue weighted by Gasteiger charge is 2.11. The van der Waals surface area contributed by atoms with Crippen molar-refractivity contribution >= 4 is 33.1 Å². The van der Waals surface area contributed by atoms with E-state index in [1.54, 1.807) is 11.3 Å². The van der Waals surface area contributed by atoms with Crippen LogP contribution in [0.3, 0.4) is 0 Å². The maximum Gasteiger partial charge on any atom is 0.224 e. The summed E-state index contributed by atoms with van der Waals surface area (Å²) in [4.78, 5) is 16.6. The molecule has 108 valence electrons. The molecule has 1 amide bonds. The molecule has 0 spiro atoms. The van der Waals surface area contributed by atoms with E-state index in [0.29, 0.717) is 12.8 Å². The van der Waals surface area contributed by atoms with Crippen LogP contribution in [0.5, 0.6) is 0 Å². The largest absolute Gasteiger partial charge is 0.323 e. The van der Waals surface area contributed by atoms with Crippen molar-refractivity contribution in [1.29, 1.82) is 0 Å². The van der Waals surface area contributed by atoms with Crippen molar-refractivity contribution in [2.24, 2.45) is 0 Å². The van der Waals surface area contributed by atoms with E-state index in [-0.39, 0.29) is 5.91 Å². The first-order valence-corrected chi connectivity index (χ1v) is 7.61. The van der Waals surface area contributed by atoms with Crippen molar-refractivity contribution < 1.29 is 4.79 Å². The van der Waals surface area contributed by atoms with Crippen molar-refractivity contribution in [1.82, 2.24) is 15.2 Å². The second-order valence-electron chi connectivity index (χ2n) is 4.93. The molecule has 0 aliphatic carbocycles. The quantitative estimate of drug-likeness (QED) is 0.777. The van der Waals surface area contributed by atoms with Gasteiger partial charge in [-0.1, -0.05) is 12.1 Å². The summed E-state index contributed by atoms with van der Waals surface area (Å²) in [6.07, 6.45) is 1.07. The summed E-state index contributed by atoms with van der Waals surface area (Å²) >= 11 is 1.64. The number of nitrogens with zero attached hydrogens (tertiary/aromatic N) is 2. The van der Waals surface area contributed by atoms with Crippen LogP contribution >= 0.6 is 11.3 Å². The normalized spacial score (nSPS) is 11.0. The summed E-state index contributed by atoms with van der Waals surface area (Å²) in [5, 5.41) is 10.8. The highest BCUT2D eigenvalue weighted by molar-refractivity contribution is 7.18. The number of aromatic amines is 1. The Kier molecular flexibility index (Phi) is 3.70. The van der Waals surface area contributed by atoms with Crippen molar-refractivity contribution in [2.45, 2.75) is 26.7 Å². The first kappa shape index (κ1) is 13.8. The number of carbonyl (C=O) groups excluding carboxylic acids is 1. The number of anilines is 1. The number of H-pyrrole nitrogens is 1.